The molecule has 3 aromatic carbocycles. The molecule has 9 nitrogen and oxygen atoms in total. The molecule has 0 spiro atoms. The molecule has 192 valence electrons. The molecule has 0 aliphatic heterocycles. The summed E-state index contributed by atoms with van der Waals surface area (Å²) < 4.78 is 24.5. The van der Waals surface area contributed by atoms with Gasteiger partial charge in [-0.3, -0.25) is 4.79 Å². The van der Waals surface area contributed by atoms with Crippen molar-refractivity contribution in [1.29, 1.82) is 0 Å². The zero-order valence-corrected chi connectivity index (χ0v) is 21.2. The second-order valence-electron chi connectivity index (χ2n) is 8.71. The molecule has 2 heterocycles. The molecule has 0 radical (unpaired) electrons. The zero-order valence-electron chi connectivity index (χ0n) is 20.4. The number of sulfonamides is 1. The van der Waals surface area contributed by atoms with Crippen LogP contribution in [0.4, 0.5) is 5.82 Å². The van der Waals surface area contributed by atoms with Gasteiger partial charge in [0.2, 0.25) is 15.8 Å². The molecule has 1 amide bonds. The minimum absolute atomic E-state index is 0.0350. The molecule has 0 saturated carbocycles. The van der Waals surface area contributed by atoms with E-state index in [1.165, 1.54) is 12.1 Å². The second kappa shape index (κ2) is 10.8. The second-order valence-corrected chi connectivity index (χ2v) is 10.3. The van der Waals surface area contributed by atoms with Gasteiger partial charge in [-0.1, -0.05) is 72.8 Å². The Balaban J connectivity index is 1.37. The fourth-order valence-corrected chi connectivity index (χ4v) is 4.64. The number of hydrogen-bond donors (Lipinski definition) is 3. The normalized spacial score (nSPS) is 11.4. The average Bonchev–Trinajstić information content (AvgIpc) is 3.37. The molecule has 5 rings (SSSR count). The van der Waals surface area contributed by atoms with Crippen molar-refractivity contribution >= 4 is 27.3 Å². The van der Waals surface area contributed by atoms with Gasteiger partial charge in [-0.05, 0) is 41.3 Å². The number of rotatable bonds is 9. The molecule has 0 aliphatic rings. The van der Waals surface area contributed by atoms with Crippen LogP contribution in [-0.4, -0.2) is 35.5 Å². The van der Waals surface area contributed by atoms with Crippen molar-refractivity contribution in [3.63, 3.8) is 0 Å². The van der Waals surface area contributed by atoms with Gasteiger partial charge in [-0.25, -0.2) is 23.1 Å². The Morgan fingerprint density at radius 2 is 1.55 bits per heavy atom. The number of primary sulfonamides is 1. The number of nitrogens with zero attached hydrogens (tertiary/aromatic N) is 3. The van der Waals surface area contributed by atoms with Gasteiger partial charge >= 0.3 is 0 Å². The quantitative estimate of drug-likeness (QED) is 0.269. The monoisotopic (exact) mass is 526 g/mol. The van der Waals surface area contributed by atoms with Crippen LogP contribution in [0.5, 0.6) is 0 Å². The van der Waals surface area contributed by atoms with Crippen molar-refractivity contribution in [2.24, 2.45) is 5.14 Å². The van der Waals surface area contributed by atoms with Crippen molar-refractivity contribution in [3.8, 4) is 11.1 Å². The van der Waals surface area contributed by atoms with Gasteiger partial charge in [0.1, 0.15) is 5.52 Å². The molecule has 2 aromatic heterocycles. The van der Waals surface area contributed by atoms with Crippen LogP contribution in [0.2, 0.25) is 0 Å². The van der Waals surface area contributed by atoms with Crippen molar-refractivity contribution in [2.45, 2.75) is 17.9 Å². The summed E-state index contributed by atoms with van der Waals surface area (Å²) in [5.74, 6) is 0.176. The van der Waals surface area contributed by atoms with Gasteiger partial charge in [-0.15, -0.1) is 5.10 Å². The van der Waals surface area contributed by atoms with E-state index < -0.39 is 15.9 Å². The topological polar surface area (TPSA) is 131 Å². The van der Waals surface area contributed by atoms with Crippen LogP contribution >= 0.6 is 0 Å². The lowest BCUT2D eigenvalue weighted by atomic mass is 10.1. The Labute approximate surface area is 220 Å². The average molecular weight is 527 g/mol. The summed E-state index contributed by atoms with van der Waals surface area (Å²) in [7, 11) is -3.74. The third kappa shape index (κ3) is 5.72. The fourth-order valence-electron chi connectivity index (χ4n) is 4.12. The molecule has 4 N–H and O–H groups in total. The van der Waals surface area contributed by atoms with E-state index in [9.17, 15) is 13.2 Å². The van der Waals surface area contributed by atoms with Gasteiger partial charge < -0.3 is 10.6 Å². The standard InChI is InChI=1S/C28H26N6O3S/c29-38(36,37)23-13-11-20(12-14-23)15-17-30-28(35)27-32-26(31-19-21-7-3-1-4-8-21)25-24(16-18-34(25)33-27)22-9-5-2-6-10-22/h1-14,16,18H,15,17,19H2,(H,30,35)(H2,29,36,37)(H,31,32,33). The predicted octanol–water partition coefficient (Wildman–Crippen LogP) is 3.63. The lowest BCUT2D eigenvalue weighted by molar-refractivity contribution is 0.0942. The number of aromatic nitrogens is 3. The predicted molar refractivity (Wildman–Crippen MR) is 146 cm³/mol. The van der Waals surface area contributed by atoms with Crippen LogP contribution in [0.3, 0.4) is 0 Å². The molecule has 0 saturated heterocycles. The Morgan fingerprint density at radius 1 is 0.868 bits per heavy atom. The third-order valence-electron chi connectivity index (χ3n) is 6.05. The van der Waals surface area contributed by atoms with Crippen LogP contribution in [-0.2, 0) is 23.0 Å². The highest BCUT2D eigenvalue weighted by Crippen LogP contribution is 2.29. The van der Waals surface area contributed by atoms with E-state index >= 15 is 0 Å². The molecule has 0 atom stereocenters. The number of carbonyl (C=O) groups is 1. The Morgan fingerprint density at radius 3 is 2.24 bits per heavy atom. The molecule has 0 bridgehead atoms. The summed E-state index contributed by atoms with van der Waals surface area (Å²) in [6.45, 7) is 0.852. The number of benzene rings is 3. The molecular weight excluding hydrogens is 500 g/mol. The van der Waals surface area contributed by atoms with Gasteiger partial charge in [0.25, 0.3) is 5.91 Å². The summed E-state index contributed by atoms with van der Waals surface area (Å²) in [5.41, 5.74) is 4.69. The van der Waals surface area contributed by atoms with Crippen LogP contribution in [0.1, 0.15) is 21.7 Å². The summed E-state index contributed by atoms with van der Waals surface area (Å²) in [5, 5.41) is 15.9. The van der Waals surface area contributed by atoms with Crippen LogP contribution in [0.25, 0.3) is 16.6 Å². The zero-order chi connectivity index (χ0) is 26.5. The van der Waals surface area contributed by atoms with Gasteiger partial charge in [0.15, 0.2) is 5.82 Å². The van der Waals surface area contributed by atoms with Gasteiger partial charge in [0.05, 0.1) is 4.90 Å². The Bertz CT molecular complexity index is 1670. The third-order valence-corrected chi connectivity index (χ3v) is 6.98. The number of nitrogens with one attached hydrogen (secondary N) is 2. The summed E-state index contributed by atoms with van der Waals surface area (Å²) in [6.07, 6.45) is 2.32. The van der Waals surface area contributed by atoms with Crippen molar-refractivity contribution in [3.05, 3.63) is 114 Å². The lowest BCUT2D eigenvalue weighted by Crippen LogP contribution is -2.28. The summed E-state index contributed by atoms with van der Waals surface area (Å²) >= 11 is 0. The number of amides is 1. The minimum atomic E-state index is -3.74. The first kappa shape index (κ1) is 25.1. The number of nitrogens with two attached hydrogens (primary N) is 1. The van der Waals surface area contributed by atoms with E-state index in [1.54, 1.807) is 16.6 Å². The highest BCUT2D eigenvalue weighted by molar-refractivity contribution is 7.89. The lowest BCUT2D eigenvalue weighted by Gasteiger charge is -2.12. The fraction of sp³-hybridized carbons (Fsp3) is 0.107. The van der Waals surface area contributed by atoms with E-state index in [0.29, 0.717) is 25.3 Å². The first-order valence-corrected chi connectivity index (χ1v) is 13.6. The van der Waals surface area contributed by atoms with E-state index in [2.05, 4.69) is 20.7 Å². The maximum absolute atomic E-state index is 13.0. The Kier molecular flexibility index (Phi) is 7.16. The largest absolute Gasteiger partial charge is 0.364 e. The molecule has 0 aliphatic carbocycles. The molecule has 0 unspecified atom stereocenters. The highest BCUT2D eigenvalue weighted by atomic mass is 32.2. The molecule has 10 heteroatoms. The van der Waals surface area contributed by atoms with Gasteiger partial charge in [0, 0.05) is 24.8 Å². The number of carbonyl (C=O) groups excluding carboxylic acids is 1. The first-order valence-electron chi connectivity index (χ1n) is 12.0. The number of anilines is 1. The number of fused-ring (bicyclic) bond motifs is 1. The first-order chi connectivity index (χ1) is 18.4. The van der Waals surface area contributed by atoms with Crippen LogP contribution in [0, 0.1) is 0 Å². The summed E-state index contributed by atoms with van der Waals surface area (Å²) in [6, 6.07) is 28.1. The minimum Gasteiger partial charge on any atom is -0.364 e. The van der Waals surface area contributed by atoms with E-state index in [4.69, 9.17) is 5.14 Å². The smallest absolute Gasteiger partial charge is 0.291 e. The van der Waals surface area contributed by atoms with Crippen molar-refractivity contribution in [1.82, 2.24) is 19.9 Å². The van der Waals surface area contributed by atoms with Gasteiger partial charge in [-0.2, -0.15) is 0 Å². The SMILES string of the molecule is NS(=O)(=O)c1ccc(CCNC(=O)c2nc(NCc3ccccc3)c3c(-c4ccccc4)ccn3n2)cc1. The molecule has 0 fully saturated rings. The highest BCUT2D eigenvalue weighted by Gasteiger charge is 2.18. The Hall–Kier alpha value is -4.54. The maximum atomic E-state index is 13.0. The number of hydrogen-bond acceptors (Lipinski definition) is 6. The van der Waals surface area contributed by atoms with Crippen LogP contribution in [0.15, 0.2) is 102 Å². The molecular formula is C28H26N6O3S. The maximum Gasteiger partial charge on any atom is 0.291 e. The van der Waals surface area contributed by atoms with Crippen molar-refractivity contribution < 1.29 is 13.2 Å². The van der Waals surface area contributed by atoms with Crippen LogP contribution < -0.4 is 15.8 Å². The van der Waals surface area contributed by atoms with E-state index in [1.807, 2.05) is 72.9 Å². The summed E-state index contributed by atoms with van der Waals surface area (Å²) in [4.78, 5) is 17.6. The molecule has 38 heavy (non-hydrogen) atoms. The van der Waals surface area contributed by atoms with Crippen molar-refractivity contribution in [2.75, 3.05) is 11.9 Å². The molecule has 5 aromatic rings. The van der Waals surface area contributed by atoms with E-state index in [0.717, 1.165) is 27.8 Å². The van der Waals surface area contributed by atoms with E-state index in [-0.39, 0.29) is 10.7 Å².